The molecule has 4 rings (SSSR count). The molecule has 1 aromatic carbocycles. The second-order valence-corrected chi connectivity index (χ2v) is 5.32. The largest absolute Gasteiger partial charge is 0.478 e. The first kappa shape index (κ1) is 12.1. The molecule has 0 spiro atoms. The minimum atomic E-state index is -0.938. The van der Waals surface area contributed by atoms with Crippen molar-refractivity contribution in [1.82, 2.24) is 14.7 Å². The second-order valence-electron chi connectivity index (χ2n) is 5.32. The molecule has 1 aliphatic rings. The zero-order valence-electron chi connectivity index (χ0n) is 11.2. The number of fused-ring (bicyclic) bond motifs is 1. The zero-order valence-corrected chi connectivity index (χ0v) is 11.2. The minimum Gasteiger partial charge on any atom is -0.478 e. The van der Waals surface area contributed by atoms with Gasteiger partial charge in [-0.2, -0.15) is 4.98 Å². The summed E-state index contributed by atoms with van der Waals surface area (Å²) in [5.74, 6) is 0.754. The molecular weight excluding hydrogens is 270 g/mol. The molecule has 1 saturated carbocycles. The van der Waals surface area contributed by atoms with Crippen molar-refractivity contribution in [1.29, 1.82) is 0 Å². The van der Waals surface area contributed by atoms with Crippen molar-refractivity contribution in [3.8, 4) is 0 Å². The molecule has 6 nitrogen and oxygen atoms in total. The maximum absolute atomic E-state index is 11.4. The number of rotatable bonds is 4. The van der Waals surface area contributed by atoms with Crippen molar-refractivity contribution in [3.63, 3.8) is 0 Å². The Bertz CT molecular complexity index is 830. The number of aromatic nitrogens is 3. The van der Waals surface area contributed by atoms with Crippen LogP contribution in [0.1, 0.15) is 40.8 Å². The molecule has 21 heavy (non-hydrogen) atoms. The Morgan fingerprint density at radius 2 is 2.24 bits per heavy atom. The Balaban J connectivity index is 1.73. The fraction of sp³-hybridized carbons (Fsp3) is 0.267. The number of para-hydroxylation sites is 1. The molecule has 0 saturated heterocycles. The first-order valence-electron chi connectivity index (χ1n) is 6.86. The average Bonchev–Trinajstić information content (AvgIpc) is 3.09. The lowest BCUT2D eigenvalue weighted by molar-refractivity contribution is 0.0698. The van der Waals surface area contributed by atoms with E-state index in [1.165, 1.54) is 0 Å². The van der Waals surface area contributed by atoms with Gasteiger partial charge in [0, 0.05) is 17.5 Å². The lowest BCUT2D eigenvalue weighted by atomic mass is 10.1. The van der Waals surface area contributed by atoms with Gasteiger partial charge in [-0.15, -0.1) is 0 Å². The summed E-state index contributed by atoms with van der Waals surface area (Å²) in [5.41, 5.74) is 0.964. The highest BCUT2D eigenvalue weighted by Gasteiger charge is 2.29. The summed E-state index contributed by atoms with van der Waals surface area (Å²) >= 11 is 0. The van der Waals surface area contributed by atoms with Gasteiger partial charge in [-0.1, -0.05) is 17.3 Å². The van der Waals surface area contributed by atoms with E-state index in [2.05, 4.69) is 10.1 Å². The molecule has 0 amide bonds. The van der Waals surface area contributed by atoms with Crippen LogP contribution >= 0.6 is 0 Å². The van der Waals surface area contributed by atoms with Crippen molar-refractivity contribution in [3.05, 3.63) is 47.7 Å². The van der Waals surface area contributed by atoms with Crippen LogP contribution in [0.5, 0.6) is 0 Å². The number of carbonyl (C=O) groups is 1. The maximum atomic E-state index is 11.4. The van der Waals surface area contributed by atoms with Crippen LogP contribution in [0.15, 0.2) is 35.0 Å². The van der Waals surface area contributed by atoms with E-state index in [9.17, 15) is 9.90 Å². The maximum Gasteiger partial charge on any atom is 0.337 e. The SMILES string of the molecule is O=C(O)c1cccc2ccn(Cc3noc(C4CC4)n3)c12. The van der Waals surface area contributed by atoms with Gasteiger partial charge in [-0.05, 0) is 25.0 Å². The van der Waals surface area contributed by atoms with E-state index >= 15 is 0 Å². The van der Waals surface area contributed by atoms with Crippen LogP contribution in [0.3, 0.4) is 0 Å². The molecule has 1 fully saturated rings. The van der Waals surface area contributed by atoms with Gasteiger partial charge in [0.2, 0.25) is 5.89 Å². The number of benzene rings is 1. The predicted molar refractivity (Wildman–Crippen MR) is 74.3 cm³/mol. The summed E-state index contributed by atoms with van der Waals surface area (Å²) in [6.45, 7) is 0.407. The van der Waals surface area contributed by atoms with E-state index < -0.39 is 5.97 Å². The zero-order chi connectivity index (χ0) is 14.4. The normalized spacial score (nSPS) is 14.7. The monoisotopic (exact) mass is 283 g/mol. The van der Waals surface area contributed by atoms with Crippen molar-refractivity contribution in [2.24, 2.45) is 0 Å². The predicted octanol–water partition coefficient (Wildman–Crippen LogP) is 2.65. The molecule has 0 aliphatic heterocycles. The molecule has 3 aromatic rings. The molecule has 6 heteroatoms. The van der Waals surface area contributed by atoms with Gasteiger partial charge < -0.3 is 14.2 Å². The van der Waals surface area contributed by atoms with Crippen LogP contribution < -0.4 is 0 Å². The van der Waals surface area contributed by atoms with E-state index in [1.807, 2.05) is 22.9 Å². The third kappa shape index (κ3) is 2.08. The molecule has 0 atom stereocenters. The number of carboxylic acids is 1. The Labute approximate surface area is 120 Å². The molecule has 1 N–H and O–H groups in total. The van der Waals surface area contributed by atoms with Crippen LogP contribution in [0, 0.1) is 0 Å². The van der Waals surface area contributed by atoms with Gasteiger partial charge in [0.25, 0.3) is 0 Å². The number of carboxylic acid groups (broad SMARTS) is 1. The summed E-state index contributed by atoms with van der Waals surface area (Å²) in [5, 5.41) is 14.2. The lowest BCUT2D eigenvalue weighted by Gasteiger charge is -2.04. The number of hydrogen-bond acceptors (Lipinski definition) is 4. The van der Waals surface area contributed by atoms with Crippen molar-refractivity contribution < 1.29 is 14.4 Å². The summed E-state index contributed by atoms with van der Waals surface area (Å²) in [7, 11) is 0. The molecule has 0 bridgehead atoms. The van der Waals surface area contributed by atoms with Gasteiger partial charge in [0.05, 0.1) is 17.6 Å². The van der Waals surface area contributed by atoms with E-state index in [-0.39, 0.29) is 5.56 Å². The first-order chi connectivity index (χ1) is 10.2. The quantitative estimate of drug-likeness (QED) is 0.796. The number of hydrogen-bond donors (Lipinski definition) is 1. The van der Waals surface area contributed by atoms with Crippen molar-refractivity contribution in [2.75, 3.05) is 0 Å². The molecule has 1 aliphatic carbocycles. The van der Waals surface area contributed by atoms with Gasteiger partial charge in [0.15, 0.2) is 5.82 Å². The summed E-state index contributed by atoms with van der Waals surface area (Å²) < 4.78 is 7.08. The Morgan fingerprint density at radius 1 is 1.38 bits per heavy atom. The summed E-state index contributed by atoms with van der Waals surface area (Å²) in [4.78, 5) is 15.7. The topological polar surface area (TPSA) is 81.1 Å². The third-order valence-corrected chi connectivity index (χ3v) is 3.74. The van der Waals surface area contributed by atoms with E-state index in [1.54, 1.807) is 12.1 Å². The third-order valence-electron chi connectivity index (χ3n) is 3.74. The van der Waals surface area contributed by atoms with E-state index in [4.69, 9.17) is 4.52 Å². The number of nitrogens with zero attached hydrogens (tertiary/aromatic N) is 3. The minimum absolute atomic E-state index is 0.281. The van der Waals surface area contributed by atoms with Gasteiger partial charge in [-0.3, -0.25) is 0 Å². The average molecular weight is 283 g/mol. The van der Waals surface area contributed by atoms with Gasteiger partial charge in [-0.25, -0.2) is 4.79 Å². The van der Waals surface area contributed by atoms with Crippen LogP contribution in [0.4, 0.5) is 0 Å². The van der Waals surface area contributed by atoms with E-state index in [0.29, 0.717) is 29.7 Å². The highest BCUT2D eigenvalue weighted by molar-refractivity contribution is 6.02. The van der Waals surface area contributed by atoms with Crippen LogP contribution in [-0.4, -0.2) is 25.8 Å². The summed E-state index contributed by atoms with van der Waals surface area (Å²) in [6.07, 6.45) is 4.07. The molecule has 0 unspecified atom stereocenters. The highest BCUT2D eigenvalue weighted by atomic mass is 16.5. The molecule has 106 valence electrons. The molecule has 2 heterocycles. The second kappa shape index (κ2) is 4.44. The lowest BCUT2D eigenvalue weighted by Crippen LogP contribution is -2.05. The van der Waals surface area contributed by atoms with Gasteiger partial charge in [0.1, 0.15) is 0 Å². The summed E-state index contributed by atoms with van der Waals surface area (Å²) in [6, 6.07) is 7.14. The Kier molecular flexibility index (Phi) is 2.57. The fourth-order valence-corrected chi connectivity index (χ4v) is 2.55. The van der Waals surface area contributed by atoms with Crippen molar-refractivity contribution >= 4 is 16.9 Å². The van der Waals surface area contributed by atoms with Crippen LogP contribution in [0.25, 0.3) is 10.9 Å². The van der Waals surface area contributed by atoms with Crippen LogP contribution in [0.2, 0.25) is 0 Å². The Hall–Kier alpha value is -2.63. The first-order valence-corrected chi connectivity index (χ1v) is 6.86. The molecule has 0 radical (unpaired) electrons. The smallest absolute Gasteiger partial charge is 0.337 e. The van der Waals surface area contributed by atoms with Crippen molar-refractivity contribution in [2.45, 2.75) is 25.3 Å². The fourth-order valence-electron chi connectivity index (χ4n) is 2.55. The van der Waals surface area contributed by atoms with Gasteiger partial charge >= 0.3 is 5.97 Å². The standard InChI is InChI=1S/C15H13N3O3/c19-15(20)11-3-1-2-9-6-7-18(13(9)11)8-12-16-14(21-17-12)10-4-5-10/h1-3,6-7,10H,4-5,8H2,(H,19,20). The van der Waals surface area contributed by atoms with E-state index in [0.717, 1.165) is 18.2 Å². The van der Waals surface area contributed by atoms with Crippen LogP contribution in [-0.2, 0) is 6.54 Å². The Morgan fingerprint density at radius 3 is 3.00 bits per heavy atom. The highest BCUT2D eigenvalue weighted by Crippen LogP contribution is 2.38. The molecule has 2 aromatic heterocycles. The molecular formula is C15H13N3O3. The number of aromatic carboxylic acids is 1.